The van der Waals surface area contributed by atoms with Crippen molar-refractivity contribution in [3.63, 3.8) is 0 Å². The summed E-state index contributed by atoms with van der Waals surface area (Å²) in [6, 6.07) is 15.2. The van der Waals surface area contributed by atoms with Crippen LogP contribution in [0, 0.1) is 0 Å². The van der Waals surface area contributed by atoms with E-state index in [1.807, 2.05) is 0 Å². The van der Waals surface area contributed by atoms with Crippen LogP contribution in [-0.2, 0) is 14.3 Å². The van der Waals surface area contributed by atoms with Gasteiger partial charge in [-0.3, -0.25) is 4.79 Å². The minimum Gasteiger partial charge on any atom is -0.495 e. The largest absolute Gasteiger partial charge is 0.495 e. The summed E-state index contributed by atoms with van der Waals surface area (Å²) < 4.78 is 9.93. The lowest BCUT2D eigenvalue weighted by molar-refractivity contribution is -0.156. The predicted molar refractivity (Wildman–Crippen MR) is 84.0 cm³/mol. The van der Waals surface area contributed by atoms with E-state index in [-0.39, 0.29) is 0 Å². The van der Waals surface area contributed by atoms with E-state index in [1.54, 1.807) is 54.6 Å². The van der Waals surface area contributed by atoms with Gasteiger partial charge in [0.2, 0.25) is 0 Å². The number of hydrogen-bond donors (Lipinski definition) is 2. The first-order valence-electron chi connectivity index (χ1n) is 6.94. The van der Waals surface area contributed by atoms with E-state index in [2.05, 4.69) is 5.32 Å². The number of carbonyl (C=O) groups is 2. The number of amides is 1. The molecule has 120 valence electrons. The fourth-order valence-corrected chi connectivity index (χ4v) is 1.92. The highest BCUT2D eigenvalue weighted by Crippen LogP contribution is 2.22. The van der Waals surface area contributed by atoms with Crippen molar-refractivity contribution < 1.29 is 24.2 Å². The normalized spacial score (nSPS) is 11.4. The molecular formula is C17H17NO5. The van der Waals surface area contributed by atoms with Gasteiger partial charge in [-0.2, -0.15) is 0 Å². The molecular weight excluding hydrogens is 298 g/mol. The third-order valence-electron chi connectivity index (χ3n) is 3.07. The number of nitrogens with one attached hydrogen (secondary N) is 1. The Balaban J connectivity index is 1.88. The maximum atomic E-state index is 11.8. The fraction of sp³-hybridized carbons (Fsp3) is 0.176. The van der Waals surface area contributed by atoms with Crippen LogP contribution in [0.1, 0.15) is 11.7 Å². The topological polar surface area (TPSA) is 84.9 Å². The summed E-state index contributed by atoms with van der Waals surface area (Å²) in [6.45, 7) is -0.499. The van der Waals surface area contributed by atoms with Crippen LogP contribution in [0.25, 0.3) is 0 Å². The summed E-state index contributed by atoms with van der Waals surface area (Å²) in [5.74, 6) is -0.911. The molecule has 2 N–H and O–H groups in total. The Morgan fingerprint density at radius 3 is 2.43 bits per heavy atom. The molecule has 0 spiro atoms. The average Bonchev–Trinajstić information content (AvgIpc) is 2.60. The zero-order valence-corrected chi connectivity index (χ0v) is 12.6. The van der Waals surface area contributed by atoms with E-state index in [9.17, 15) is 14.7 Å². The van der Waals surface area contributed by atoms with Crippen molar-refractivity contribution in [3.8, 4) is 5.75 Å². The number of aliphatic hydroxyl groups excluding tert-OH is 1. The minimum atomic E-state index is -1.42. The van der Waals surface area contributed by atoms with Crippen LogP contribution < -0.4 is 10.1 Å². The summed E-state index contributed by atoms with van der Waals surface area (Å²) in [7, 11) is 1.49. The molecule has 6 heteroatoms. The molecule has 0 radical (unpaired) electrons. The smallest absolute Gasteiger partial charge is 0.340 e. The zero-order valence-electron chi connectivity index (χ0n) is 12.6. The van der Waals surface area contributed by atoms with Crippen molar-refractivity contribution in [2.45, 2.75) is 6.10 Å². The lowest BCUT2D eigenvalue weighted by atomic mass is 10.1. The second-order valence-corrected chi connectivity index (χ2v) is 4.67. The van der Waals surface area contributed by atoms with Crippen molar-refractivity contribution >= 4 is 17.6 Å². The highest BCUT2D eigenvalue weighted by Gasteiger charge is 2.20. The number of benzene rings is 2. The summed E-state index contributed by atoms with van der Waals surface area (Å²) in [6.07, 6.45) is -1.42. The number of rotatable bonds is 6. The van der Waals surface area contributed by atoms with Gasteiger partial charge in [0.25, 0.3) is 5.91 Å². The Labute approximate surface area is 133 Å². The average molecular weight is 315 g/mol. The first kappa shape index (κ1) is 16.5. The van der Waals surface area contributed by atoms with Crippen LogP contribution in [-0.4, -0.2) is 30.7 Å². The van der Waals surface area contributed by atoms with Gasteiger partial charge < -0.3 is 19.9 Å². The molecule has 6 nitrogen and oxygen atoms in total. The Morgan fingerprint density at radius 2 is 1.74 bits per heavy atom. The van der Waals surface area contributed by atoms with Gasteiger partial charge in [-0.25, -0.2) is 4.79 Å². The number of anilines is 1. The Kier molecular flexibility index (Phi) is 5.71. The molecule has 0 aliphatic heterocycles. The maximum absolute atomic E-state index is 11.8. The first-order valence-corrected chi connectivity index (χ1v) is 6.94. The SMILES string of the molecule is COc1ccccc1NC(=O)COC(=O)[C@@H](O)c1ccccc1. The number of ether oxygens (including phenoxy) is 2. The zero-order chi connectivity index (χ0) is 16.7. The number of para-hydroxylation sites is 2. The third-order valence-corrected chi connectivity index (χ3v) is 3.07. The molecule has 1 amide bonds. The number of aliphatic hydroxyl groups is 1. The molecule has 0 aliphatic rings. The highest BCUT2D eigenvalue weighted by atomic mass is 16.5. The van der Waals surface area contributed by atoms with E-state index in [1.165, 1.54) is 7.11 Å². The minimum absolute atomic E-state index is 0.405. The summed E-state index contributed by atoms with van der Waals surface area (Å²) in [5.41, 5.74) is 0.877. The van der Waals surface area contributed by atoms with Gasteiger partial charge in [-0.15, -0.1) is 0 Å². The Morgan fingerprint density at radius 1 is 1.09 bits per heavy atom. The highest BCUT2D eigenvalue weighted by molar-refractivity contribution is 5.94. The van der Waals surface area contributed by atoms with Crippen LogP contribution in [0.5, 0.6) is 5.75 Å². The van der Waals surface area contributed by atoms with E-state index in [0.29, 0.717) is 17.0 Å². The monoisotopic (exact) mass is 315 g/mol. The summed E-state index contributed by atoms with van der Waals surface area (Å²) >= 11 is 0. The third kappa shape index (κ3) is 4.55. The number of methoxy groups -OCH3 is 1. The molecule has 0 unspecified atom stereocenters. The lowest BCUT2D eigenvalue weighted by Crippen LogP contribution is -2.24. The van der Waals surface area contributed by atoms with Crippen molar-refractivity contribution in [2.75, 3.05) is 19.0 Å². The molecule has 0 bridgehead atoms. The van der Waals surface area contributed by atoms with Crippen LogP contribution in [0.4, 0.5) is 5.69 Å². The van der Waals surface area contributed by atoms with Crippen molar-refractivity contribution in [1.29, 1.82) is 0 Å². The molecule has 0 aromatic heterocycles. The van der Waals surface area contributed by atoms with Gasteiger partial charge in [0, 0.05) is 0 Å². The van der Waals surface area contributed by atoms with Crippen LogP contribution in [0.2, 0.25) is 0 Å². The molecule has 2 aromatic carbocycles. The van der Waals surface area contributed by atoms with E-state index < -0.39 is 24.6 Å². The van der Waals surface area contributed by atoms with E-state index >= 15 is 0 Å². The Hall–Kier alpha value is -2.86. The Bertz CT molecular complexity index is 672. The molecule has 0 fully saturated rings. The van der Waals surface area contributed by atoms with Crippen molar-refractivity contribution in [1.82, 2.24) is 0 Å². The van der Waals surface area contributed by atoms with Crippen molar-refractivity contribution in [2.24, 2.45) is 0 Å². The van der Waals surface area contributed by atoms with E-state index in [0.717, 1.165) is 0 Å². The lowest BCUT2D eigenvalue weighted by Gasteiger charge is -2.12. The second kappa shape index (κ2) is 7.95. The number of carbonyl (C=O) groups excluding carboxylic acids is 2. The molecule has 0 saturated carbocycles. The van der Waals surface area contributed by atoms with Gasteiger partial charge in [-0.1, -0.05) is 42.5 Å². The first-order chi connectivity index (χ1) is 11.1. The molecule has 23 heavy (non-hydrogen) atoms. The van der Waals surface area contributed by atoms with Gasteiger partial charge in [0.05, 0.1) is 12.8 Å². The van der Waals surface area contributed by atoms with Crippen molar-refractivity contribution in [3.05, 3.63) is 60.2 Å². The predicted octanol–water partition coefficient (Wildman–Crippen LogP) is 1.91. The molecule has 2 aromatic rings. The number of hydrogen-bond acceptors (Lipinski definition) is 5. The molecule has 2 rings (SSSR count). The van der Waals surface area contributed by atoms with Gasteiger partial charge in [0.1, 0.15) is 5.75 Å². The quantitative estimate of drug-likeness (QED) is 0.795. The standard InChI is InChI=1S/C17H17NO5/c1-22-14-10-6-5-9-13(14)18-15(19)11-23-17(21)16(20)12-7-3-2-4-8-12/h2-10,16,20H,11H2,1H3,(H,18,19)/t16-/m0/s1. The molecule has 0 heterocycles. The summed E-state index contributed by atoms with van der Waals surface area (Å²) in [4.78, 5) is 23.6. The molecule has 1 atom stereocenters. The van der Waals surface area contributed by atoms with Crippen LogP contribution >= 0.6 is 0 Å². The fourth-order valence-electron chi connectivity index (χ4n) is 1.92. The number of esters is 1. The maximum Gasteiger partial charge on any atom is 0.340 e. The van der Waals surface area contributed by atoms with Crippen LogP contribution in [0.3, 0.4) is 0 Å². The molecule has 0 saturated heterocycles. The van der Waals surface area contributed by atoms with Gasteiger partial charge >= 0.3 is 5.97 Å². The van der Waals surface area contributed by atoms with E-state index in [4.69, 9.17) is 9.47 Å². The van der Waals surface area contributed by atoms with Crippen LogP contribution in [0.15, 0.2) is 54.6 Å². The summed E-state index contributed by atoms with van der Waals surface area (Å²) in [5, 5.41) is 12.4. The second-order valence-electron chi connectivity index (χ2n) is 4.67. The molecule has 0 aliphatic carbocycles. The van der Waals surface area contributed by atoms with Gasteiger partial charge in [-0.05, 0) is 17.7 Å². The van der Waals surface area contributed by atoms with Gasteiger partial charge in [0.15, 0.2) is 12.7 Å².